The lowest BCUT2D eigenvalue weighted by Gasteiger charge is -1.98. The summed E-state index contributed by atoms with van der Waals surface area (Å²) in [5.74, 6) is 0.581. The summed E-state index contributed by atoms with van der Waals surface area (Å²) in [7, 11) is 0. The molecule has 0 spiro atoms. The Bertz CT molecular complexity index is 427. The largest absolute Gasteiger partial charge is 0.382 e. The van der Waals surface area contributed by atoms with Crippen molar-refractivity contribution in [1.82, 2.24) is 9.78 Å². The molecule has 0 aromatic carbocycles. The van der Waals surface area contributed by atoms with Crippen molar-refractivity contribution in [3.05, 3.63) is 33.1 Å². The predicted molar refractivity (Wildman–Crippen MR) is 59.8 cm³/mol. The van der Waals surface area contributed by atoms with Gasteiger partial charge in [-0.05, 0) is 18.4 Å². The minimum Gasteiger partial charge on any atom is -0.382 e. The first-order valence-corrected chi connectivity index (χ1v) is 5.44. The number of rotatable bonds is 2. The fourth-order valence-electron chi connectivity index (χ4n) is 1.20. The second kappa shape index (κ2) is 3.63. The highest BCUT2D eigenvalue weighted by Crippen LogP contribution is 2.23. The Morgan fingerprint density at radius 3 is 2.93 bits per heavy atom. The minimum atomic E-state index is 0.581. The molecule has 2 aromatic rings. The molecule has 2 aromatic heterocycles. The van der Waals surface area contributed by atoms with Gasteiger partial charge in [0.15, 0.2) is 0 Å². The van der Waals surface area contributed by atoms with E-state index in [0.717, 1.165) is 15.5 Å². The number of hydrogen-bond donors (Lipinski definition) is 1. The lowest BCUT2D eigenvalue weighted by molar-refractivity contribution is 0.698. The van der Waals surface area contributed by atoms with E-state index in [2.05, 4.69) is 5.10 Å². The molecule has 5 heteroatoms. The summed E-state index contributed by atoms with van der Waals surface area (Å²) in [6.07, 6.45) is 1.92. The highest BCUT2D eigenvalue weighted by atomic mass is 35.5. The van der Waals surface area contributed by atoms with Crippen molar-refractivity contribution >= 4 is 28.8 Å². The van der Waals surface area contributed by atoms with Gasteiger partial charge in [0, 0.05) is 16.6 Å². The van der Waals surface area contributed by atoms with Crippen molar-refractivity contribution < 1.29 is 0 Å². The van der Waals surface area contributed by atoms with E-state index in [9.17, 15) is 0 Å². The third kappa shape index (κ3) is 1.76. The maximum absolute atomic E-state index is 5.97. The topological polar surface area (TPSA) is 43.8 Å². The smallest absolute Gasteiger partial charge is 0.148 e. The molecular formula is C9H10ClN3S. The van der Waals surface area contributed by atoms with Crippen molar-refractivity contribution in [2.24, 2.45) is 0 Å². The van der Waals surface area contributed by atoms with E-state index in [-0.39, 0.29) is 0 Å². The zero-order chi connectivity index (χ0) is 10.1. The molecule has 0 radical (unpaired) electrons. The molecule has 0 aliphatic carbocycles. The van der Waals surface area contributed by atoms with Gasteiger partial charge < -0.3 is 5.73 Å². The van der Waals surface area contributed by atoms with Crippen LogP contribution in [-0.4, -0.2) is 9.78 Å². The molecule has 0 amide bonds. The minimum absolute atomic E-state index is 0.581. The molecule has 0 bridgehead atoms. The van der Waals surface area contributed by atoms with Gasteiger partial charge in [0.2, 0.25) is 0 Å². The number of halogens is 1. The van der Waals surface area contributed by atoms with E-state index < -0.39 is 0 Å². The molecule has 2 heterocycles. The number of nitrogen functional groups attached to an aromatic ring is 1. The summed E-state index contributed by atoms with van der Waals surface area (Å²) in [5.41, 5.74) is 6.64. The van der Waals surface area contributed by atoms with Crippen LogP contribution in [0.2, 0.25) is 5.02 Å². The summed E-state index contributed by atoms with van der Waals surface area (Å²) in [6.45, 7) is 2.63. The Labute approximate surface area is 91.1 Å². The average Bonchev–Trinajstić information content (AvgIpc) is 2.63. The SMILES string of the molecule is Cc1cn(Cc2sccc2Cl)nc1N. The Hall–Kier alpha value is -1.00. The quantitative estimate of drug-likeness (QED) is 0.857. The van der Waals surface area contributed by atoms with Crippen molar-refractivity contribution in [2.75, 3.05) is 5.73 Å². The van der Waals surface area contributed by atoms with Gasteiger partial charge in [-0.3, -0.25) is 4.68 Å². The Kier molecular flexibility index (Phi) is 2.48. The van der Waals surface area contributed by atoms with Crippen LogP contribution in [0.3, 0.4) is 0 Å². The molecule has 3 nitrogen and oxygen atoms in total. The molecule has 0 saturated heterocycles. The number of nitrogens with two attached hydrogens (primary N) is 1. The fourth-order valence-corrected chi connectivity index (χ4v) is 2.29. The van der Waals surface area contributed by atoms with Crippen LogP contribution in [0.4, 0.5) is 5.82 Å². The maximum Gasteiger partial charge on any atom is 0.148 e. The molecule has 2 rings (SSSR count). The van der Waals surface area contributed by atoms with Gasteiger partial charge in [-0.15, -0.1) is 11.3 Å². The van der Waals surface area contributed by atoms with Crippen molar-refractivity contribution in [3.63, 3.8) is 0 Å². The van der Waals surface area contributed by atoms with Crippen LogP contribution in [-0.2, 0) is 6.54 Å². The average molecular weight is 228 g/mol. The van der Waals surface area contributed by atoms with E-state index in [1.54, 1.807) is 11.3 Å². The van der Waals surface area contributed by atoms with Gasteiger partial charge in [0.25, 0.3) is 0 Å². The number of aryl methyl sites for hydroxylation is 1. The van der Waals surface area contributed by atoms with Crippen molar-refractivity contribution in [3.8, 4) is 0 Å². The Morgan fingerprint density at radius 2 is 2.43 bits per heavy atom. The second-order valence-electron chi connectivity index (χ2n) is 3.09. The second-order valence-corrected chi connectivity index (χ2v) is 4.49. The fraction of sp³-hybridized carbons (Fsp3) is 0.222. The summed E-state index contributed by atoms with van der Waals surface area (Å²) < 4.78 is 1.81. The number of hydrogen-bond acceptors (Lipinski definition) is 3. The first-order valence-electron chi connectivity index (χ1n) is 4.18. The molecule has 14 heavy (non-hydrogen) atoms. The van der Waals surface area contributed by atoms with Crippen LogP contribution >= 0.6 is 22.9 Å². The lowest BCUT2D eigenvalue weighted by atomic mass is 10.4. The van der Waals surface area contributed by atoms with Gasteiger partial charge in [0.1, 0.15) is 5.82 Å². The van der Waals surface area contributed by atoms with E-state index in [4.69, 9.17) is 17.3 Å². The van der Waals surface area contributed by atoms with E-state index in [0.29, 0.717) is 12.4 Å². The van der Waals surface area contributed by atoms with Gasteiger partial charge in [0.05, 0.1) is 11.6 Å². The van der Waals surface area contributed by atoms with Crippen LogP contribution in [0.15, 0.2) is 17.6 Å². The molecule has 2 N–H and O–H groups in total. The van der Waals surface area contributed by atoms with Crippen molar-refractivity contribution in [1.29, 1.82) is 0 Å². The van der Waals surface area contributed by atoms with Gasteiger partial charge in [-0.1, -0.05) is 11.6 Å². The molecule has 0 saturated carbocycles. The summed E-state index contributed by atoms with van der Waals surface area (Å²) in [6, 6.07) is 1.89. The van der Waals surface area contributed by atoms with E-state index in [1.807, 2.05) is 29.2 Å². The third-order valence-corrected chi connectivity index (χ3v) is 3.35. The first kappa shape index (κ1) is 9.55. The highest BCUT2D eigenvalue weighted by Gasteiger charge is 2.05. The summed E-state index contributed by atoms with van der Waals surface area (Å²) in [4.78, 5) is 1.11. The van der Waals surface area contributed by atoms with Gasteiger partial charge >= 0.3 is 0 Å². The van der Waals surface area contributed by atoms with Crippen LogP contribution in [0, 0.1) is 6.92 Å². The number of anilines is 1. The zero-order valence-corrected chi connectivity index (χ0v) is 9.27. The lowest BCUT2D eigenvalue weighted by Crippen LogP contribution is -1.99. The first-order chi connectivity index (χ1) is 6.66. The molecule has 0 fully saturated rings. The van der Waals surface area contributed by atoms with Gasteiger partial charge in [-0.25, -0.2) is 0 Å². The van der Waals surface area contributed by atoms with E-state index >= 15 is 0 Å². The number of aromatic nitrogens is 2. The third-order valence-electron chi connectivity index (χ3n) is 1.98. The molecule has 0 unspecified atom stereocenters. The molecular weight excluding hydrogens is 218 g/mol. The van der Waals surface area contributed by atoms with Crippen LogP contribution in [0.1, 0.15) is 10.4 Å². The predicted octanol–water partition coefficient (Wildman–Crippen LogP) is 2.54. The van der Waals surface area contributed by atoms with Gasteiger partial charge in [-0.2, -0.15) is 5.10 Å². The monoisotopic (exact) mass is 227 g/mol. The number of nitrogens with zero attached hydrogens (tertiary/aromatic N) is 2. The molecule has 0 aliphatic rings. The highest BCUT2D eigenvalue weighted by molar-refractivity contribution is 7.10. The summed E-state index contributed by atoms with van der Waals surface area (Å²) >= 11 is 7.60. The summed E-state index contributed by atoms with van der Waals surface area (Å²) in [5, 5.41) is 6.93. The Balaban J connectivity index is 2.23. The standard InChI is InChI=1S/C9H10ClN3S/c1-6-4-13(12-9(6)11)5-8-7(10)2-3-14-8/h2-4H,5H2,1H3,(H2,11,12). The Morgan fingerprint density at radius 1 is 1.64 bits per heavy atom. The maximum atomic E-state index is 5.97. The molecule has 0 atom stereocenters. The normalized spacial score (nSPS) is 10.7. The van der Waals surface area contributed by atoms with E-state index in [1.165, 1.54) is 0 Å². The van der Waals surface area contributed by atoms with Crippen LogP contribution in [0.5, 0.6) is 0 Å². The van der Waals surface area contributed by atoms with Crippen LogP contribution in [0.25, 0.3) is 0 Å². The molecule has 0 aliphatic heterocycles. The zero-order valence-electron chi connectivity index (χ0n) is 7.70. The molecule has 74 valence electrons. The number of thiophene rings is 1. The van der Waals surface area contributed by atoms with Crippen LogP contribution < -0.4 is 5.73 Å². The van der Waals surface area contributed by atoms with Crippen molar-refractivity contribution in [2.45, 2.75) is 13.5 Å².